The molecule has 1 aliphatic rings. The molecule has 1 aromatic rings. The molecule has 17 heavy (non-hydrogen) atoms. The van der Waals surface area contributed by atoms with E-state index in [4.69, 9.17) is 10.4 Å². The number of nitriles is 1. The quantitative estimate of drug-likeness (QED) is 0.744. The van der Waals surface area contributed by atoms with Crippen LogP contribution in [-0.2, 0) is 4.79 Å². The Kier molecular flexibility index (Phi) is 2.93. The van der Waals surface area contributed by atoms with Gasteiger partial charge in [-0.05, 0) is 12.1 Å². The average molecular weight is 233 g/mol. The number of aromatic nitrogens is 1. The first kappa shape index (κ1) is 11.4. The molecule has 0 spiro atoms. The van der Waals surface area contributed by atoms with Crippen molar-refractivity contribution in [1.82, 2.24) is 4.98 Å². The van der Waals surface area contributed by atoms with Gasteiger partial charge in [0.05, 0.1) is 11.8 Å². The lowest BCUT2D eigenvalue weighted by molar-refractivity contribution is -0.138. The van der Waals surface area contributed by atoms with Crippen LogP contribution in [0.5, 0.6) is 0 Å². The van der Waals surface area contributed by atoms with Gasteiger partial charge in [-0.3, -0.25) is 0 Å². The fourth-order valence-electron chi connectivity index (χ4n) is 2.03. The van der Waals surface area contributed by atoms with Crippen molar-refractivity contribution in [2.45, 2.75) is 18.6 Å². The summed E-state index contributed by atoms with van der Waals surface area (Å²) in [5, 5.41) is 27.5. The molecule has 2 atom stereocenters. The van der Waals surface area contributed by atoms with E-state index in [1.807, 2.05) is 6.07 Å². The molecule has 2 heterocycles. The predicted octanol–water partition coefficient (Wildman–Crippen LogP) is -0.0225. The molecule has 6 nitrogen and oxygen atoms in total. The Morgan fingerprint density at radius 2 is 2.41 bits per heavy atom. The van der Waals surface area contributed by atoms with Crippen LogP contribution in [0.3, 0.4) is 0 Å². The summed E-state index contributed by atoms with van der Waals surface area (Å²) in [6, 6.07) is 4.39. The lowest BCUT2D eigenvalue weighted by Crippen LogP contribution is -2.36. The van der Waals surface area contributed by atoms with E-state index in [9.17, 15) is 9.90 Å². The van der Waals surface area contributed by atoms with Gasteiger partial charge in [0.2, 0.25) is 0 Å². The van der Waals surface area contributed by atoms with Gasteiger partial charge in [0.1, 0.15) is 12.1 Å². The van der Waals surface area contributed by atoms with E-state index >= 15 is 0 Å². The van der Waals surface area contributed by atoms with E-state index in [2.05, 4.69) is 4.98 Å². The van der Waals surface area contributed by atoms with Gasteiger partial charge in [0, 0.05) is 19.2 Å². The molecular formula is C11H11N3O3. The first-order valence-electron chi connectivity index (χ1n) is 5.16. The molecule has 2 N–H and O–H groups in total. The summed E-state index contributed by atoms with van der Waals surface area (Å²) in [7, 11) is 0. The van der Waals surface area contributed by atoms with Gasteiger partial charge in [-0.25, -0.2) is 9.78 Å². The lowest BCUT2D eigenvalue weighted by atomic mass is 10.2. The summed E-state index contributed by atoms with van der Waals surface area (Å²) < 4.78 is 0. The molecule has 1 aliphatic heterocycles. The summed E-state index contributed by atoms with van der Waals surface area (Å²) in [4.78, 5) is 16.5. The highest BCUT2D eigenvalue weighted by atomic mass is 16.4. The molecule has 88 valence electrons. The smallest absolute Gasteiger partial charge is 0.326 e. The number of anilines is 1. The Labute approximate surface area is 97.7 Å². The number of aliphatic carboxylic acids is 1. The number of rotatable bonds is 2. The maximum atomic E-state index is 11.1. The number of pyridine rings is 1. The Morgan fingerprint density at radius 3 is 3.06 bits per heavy atom. The number of nitrogens with zero attached hydrogens (tertiary/aromatic N) is 3. The first-order valence-corrected chi connectivity index (χ1v) is 5.16. The van der Waals surface area contributed by atoms with Gasteiger partial charge in [-0.1, -0.05) is 0 Å². The van der Waals surface area contributed by atoms with Crippen LogP contribution < -0.4 is 4.90 Å². The second-order valence-electron chi connectivity index (χ2n) is 3.88. The monoisotopic (exact) mass is 233 g/mol. The minimum Gasteiger partial charge on any atom is -0.480 e. The summed E-state index contributed by atoms with van der Waals surface area (Å²) in [6.45, 7) is 0.206. The Balaban J connectivity index is 2.39. The summed E-state index contributed by atoms with van der Waals surface area (Å²) in [5.41, 5.74) is 0.631. The zero-order chi connectivity index (χ0) is 12.4. The van der Waals surface area contributed by atoms with Crippen molar-refractivity contribution in [3.63, 3.8) is 0 Å². The Bertz CT molecular complexity index is 483. The van der Waals surface area contributed by atoms with Crippen LogP contribution in [0.4, 0.5) is 5.69 Å². The van der Waals surface area contributed by atoms with Crippen molar-refractivity contribution in [2.24, 2.45) is 0 Å². The van der Waals surface area contributed by atoms with Gasteiger partial charge in [0.15, 0.2) is 5.69 Å². The molecule has 2 unspecified atom stereocenters. The van der Waals surface area contributed by atoms with Gasteiger partial charge in [-0.2, -0.15) is 5.26 Å². The molecule has 6 heteroatoms. The van der Waals surface area contributed by atoms with Crippen molar-refractivity contribution in [1.29, 1.82) is 5.26 Å². The molecule has 0 aromatic carbocycles. The second kappa shape index (κ2) is 4.39. The molecule has 2 rings (SSSR count). The highest BCUT2D eigenvalue weighted by molar-refractivity contribution is 5.80. The number of β-amino-alcohol motifs (C(OH)–C–C–N with tert-alkyl or cyclic N) is 1. The third-order valence-corrected chi connectivity index (χ3v) is 2.77. The third-order valence-electron chi connectivity index (χ3n) is 2.77. The van der Waals surface area contributed by atoms with Crippen molar-refractivity contribution in [3.8, 4) is 6.07 Å². The number of aliphatic hydroxyl groups is 1. The SMILES string of the molecule is N#Cc1ncccc1N1CC(O)CC1C(=O)O. The number of carboxylic acids is 1. The van der Waals surface area contributed by atoms with Crippen LogP contribution in [0.1, 0.15) is 12.1 Å². The highest BCUT2D eigenvalue weighted by Gasteiger charge is 2.37. The Hall–Kier alpha value is -2.13. The van der Waals surface area contributed by atoms with Crippen LogP contribution in [0, 0.1) is 11.3 Å². The second-order valence-corrected chi connectivity index (χ2v) is 3.88. The fourth-order valence-corrected chi connectivity index (χ4v) is 2.03. The normalized spacial score (nSPS) is 23.4. The van der Waals surface area contributed by atoms with Gasteiger partial charge in [-0.15, -0.1) is 0 Å². The molecule has 0 amide bonds. The minimum absolute atomic E-state index is 0.162. The number of aliphatic hydroxyl groups excluding tert-OH is 1. The molecular weight excluding hydrogens is 222 g/mol. The molecule has 0 saturated carbocycles. The van der Waals surface area contributed by atoms with Gasteiger partial charge in [0.25, 0.3) is 0 Å². The summed E-state index contributed by atoms with van der Waals surface area (Å²) in [6.07, 6.45) is 0.947. The van der Waals surface area contributed by atoms with E-state index in [0.717, 1.165) is 0 Å². The van der Waals surface area contributed by atoms with E-state index in [0.29, 0.717) is 5.69 Å². The number of carboxylic acid groups (broad SMARTS) is 1. The number of carbonyl (C=O) groups is 1. The van der Waals surface area contributed by atoms with Crippen molar-refractivity contribution >= 4 is 11.7 Å². The van der Waals surface area contributed by atoms with Crippen molar-refractivity contribution < 1.29 is 15.0 Å². The largest absolute Gasteiger partial charge is 0.480 e. The molecule has 1 saturated heterocycles. The van der Waals surface area contributed by atoms with Crippen LogP contribution >= 0.6 is 0 Å². The molecule has 1 fully saturated rings. The highest BCUT2D eigenvalue weighted by Crippen LogP contribution is 2.27. The maximum absolute atomic E-state index is 11.1. The molecule has 0 bridgehead atoms. The fraction of sp³-hybridized carbons (Fsp3) is 0.364. The standard InChI is InChI=1S/C11H11N3O3/c12-5-8-9(2-1-3-13-8)14-6-7(15)4-10(14)11(16)17/h1-3,7,10,15H,4,6H2,(H,16,17). The minimum atomic E-state index is -1.01. The lowest BCUT2D eigenvalue weighted by Gasteiger charge is -2.23. The van der Waals surface area contributed by atoms with Crippen molar-refractivity contribution in [2.75, 3.05) is 11.4 Å². The zero-order valence-corrected chi connectivity index (χ0v) is 8.95. The molecule has 1 aromatic heterocycles. The zero-order valence-electron chi connectivity index (χ0n) is 8.95. The van der Waals surface area contributed by atoms with Crippen LogP contribution in [0.2, 0.25) is 0 Å². The number of hydrogen-bond donors (Lipinski definition) is 2. The van der Waals surface area contributed by atoms with E-state index in [1.165, 1.54) is 11.1 Å². The third kappa shape index (κ3) is 2.05. The molecule has 0 radical (unpaired) electrons. The van der Waals surface area contributed by atoms with E-state index in [-0.39, 0.29) is 18.7 Å². The van der Waals surface area contributed by atoms with Crippen molar-refractivity contribution in [3.05, 3.63) is 24.0 Å². The molecule has 0 aliphatic carbocycles. The predicted molar refractivity (Wildman–Crippen MR) is 58.3 cm³/mol. The average Bonchev–Trinajstić information content (AvgIpc) is 2.71. The van der Waals surface area contributed by atoms with Crippen LogP contribution in [0.15, 0.2) is 18.3 Å². The van der Waals surface area contributed by atoms with Crippen LogP contribution in [0.25, 0.3) is 0 Å². The van der Waals surface area contributed by atoms with E-state index in [1.54, 1.807) is 12.1 Å². The Morgan fingerprint density at radius 1 is 1.65 bits per heavy atom. The first-order chi connectivity index (χ1) is 8.13. The van der Waals surface area contributed by atoms with E-state index < -0.39 is 18.1 Å². The van der Waals surface area contributed by atoms with Gasteiger partial charge < -0.3 is 15.1 Å². The number of hydrogen-bond acceptors (Lipinski definition) is 5. The summed E-state index contributed by atoms with van der Waals surface area (Å²) in [5.74, 6) is -1.01. The van der Waals surface area contributed by atoms with Crippen LogP contribution in [-0.4, -0.2) is 39.9 Å². The topological polar surface area (TPSA) is 97.5 Å². The maximum Gasteiger partial charge on any atom is 0.326 e. The summed E-state index contributed by atoms with van der Waals surface area (Å²) >= 11 is 0. The van der Waals surface area contributed by atoms with Gasteiger partial charge >= 0.3 is 5.97 Å².